The van der Waals surface area contributed by atoms with Crippen molar-refractivity contribution in [2.24, 2.45) is 5.92 Å². The zero-order valence-corrected chi connectivity index (χ0v) is 12.3. The summed E-state index contributed by atoms with van der Waals surface area (Å²) in [6.45, 7) is 6.33. The fourth-order valence-corrected chi connectivity index (χ4v) is 3.05. The van der Waals surface area contributed by atoms with Gasteiger partial charge in [0.2, 0.25) is 0 Å². The first-order valence-corrected chi connectivity index (χ1v) is 8.35. The summed E-state index contributed by atoms with van der Waals surface area (Å²) in [4.78, 5) is 0.140. The molecule has 100 valence electrons. The third-order valence-electron chi connectivity index (χ3n) is 3.40. The molecule has 2 rings (SSSR count). The first-order chi connectivity index (χ1) is 8.29. The van der Waals surface area contributed by atoms with E-state index in [0.29, 0.717) is 5.92 Å². The molecule has 1 aromatic rings. The molecule has 5 heteroatoms. The van der Waals surface area contributed by atoms with Crippen molar-refractivity contribution in [2.75, 3.05) is 0 Å². The maximum Gasteiger partial charge on any atom is 0.261 e. The van der Waals surface area contributed by atoms with E-state index in [-0.39, 0.29) is 16.9 Å². The Balaban J connectivity index is 2.41. The van der Waals surface area contributed by atoms with Gasteiger partial charge in [0.15, 0.2) is 0 Å². The van der Waals surface area contributed by atoms with E-state index in [1.54, 1.807) is 12.1 Å². The standard InChI is InChI=1S/C13H17ClO3S/c1-8(2)13-6-9(3)11-7-10(18(14,15)16)4-5-12(11)17-13/h4-5,7-9,13H,6H2,1-3H3. The van der Waals surface area contributed by atoms with Crippen LogP contribution in [-0.4, -0.2) is 14.5 Å². The molecular formula is C13H17ClO3S. The van der Waals surface area contributed by atoms with Crippen LogP contribution in [0.1, 0.15) is 38.7 Å². The van der Waals surface area contributed by atoms with Crippen LogP contribution in [-0.2, 0) is 9.05 Å². The average molecular weight is 289 g/mol. The van der Waals surface area contributed by atoms with Crippen LogP contribution >= 0.6 is 10.7 Å². The summed E-state index contributed by atoms with van der Waals surface area (Å²) in [5.74, 6) is 1.49. The van der Waals surface area contributed by atoms with E-state index in [0.717, 1.165) is 17.7 Å². The van der Waals surface area contributed by atoms with E-state index in [4.69, 9.17) is 15.4 Å². The Morgan fingerprint density at radius 3 is 2.61 bits per heavy atom. The molecule has 0 aromatic heterocycles. The molecule has 0 spiro atoms. The summed E-state index contributed by atoms with van der Waals surface area (Å²) in [5, 5.41) is 0. The van der Waals surface area contributed by atoms with E-state index in [2.05, 4.69) is 20.8 Å². The van der Waals surface area contributed by atoms with Crippen molar-refractivity contribution < 1.29 is 13.2 Å². The van der Waals surface area contributed by atoms with Gasteiger partial charge in [-0.1, -0.05) is 20.8 Å². The Morgan fingerprint density at radius 1 is 1.39 bits per heavy atom. The van der Waals surface area contributed by atoms with Crippen molar-refractivity contribution in [3.05, 3.63) is 23.8 Å². The number of hydrogen-bond acceptors (Lipinski definition) is 3. The number of ether oxygens (including phenoxy) is 1. The number of fused-ring (bicyclic) bond motifs is 1. The Morgan fingerprint density at radius 2 is 2.06 bits per heavy atom. The predicted molar refractivity (Wildman–Crippen MR) is 71.8 cm³/mol. The maximum atomic E-state index is 11.3. The Labute approximate surface area is 113 Å². The van der Waals surface area contributed by atoms with Crippen LogP contribution < -0.4 is 4.74 Å². The van der Waals surface area contributed by atoms with Crippen molar-refractivity contribution in [3.63, 3.8) is 0 Å². The van der Waals surface area contributed by atoms with Gasteiger partial charge >= 0.3 is 0 Å². The molecule has 0 saturated heterocycles. The summed E-state index contributed by atoms with van der Waals surface area (Å²) in [6, 6.07) is 4.82. The van der Waals surface area contributed by atoms with Gasteiger partial charge in [-0.15, -0.1) is 0 Å². The lowest BCUT2D eigenvalue weighted by Crippen LogP contribution is -2.29. The van der Waals surface area contributed by atoms with Gasteiger partial charge in [-0.2, -0.15) is 0 Å². The van der Waals surface area contributed by atoms with E-state index >= 15 is 0 Å². The molecule has 2 atom stereocenters. The highest BCUT2D eigenvalue weighted by Gasteiger charge is 2.28. The highest BCUT2D eigenvalue weighted by atomic mass is 35.7. The molecule has 0 radical (unpaired) electrons. The lowest BCUT2D eigenvalue weighted by atomic mass is 9.87. The van der Waals surface area contributed by atoms with E-state index in [1.807, 2.05) is 0 Å². The summed E-state index contributed by atoms with van der Waals surface area (Å²) in [6.07, 6.45) is 1.09. The first-order valence-electron chi connectivity index (χ1n) is 6.04. The number of benzene rings is 1. The third kappa shape index (κ3) is 2.64. The van der Waals surface area contributed by atoms with Crippen molar-refractivity contribution >= 4 is 19.7 Å². The van der Waals surface area contributed by atoms with Crippen molar-refractivity contribution in [1.82, 2.24) is 0 Å². The summed E-state index contributed by atoms with van der Waals surface area (Å²) < 4.78 is 28.5. The molecular weight excluding hydrogens is 272 g/mol. The van der Waals surface area contributed by atoms with Gasteiger partial charge in [0.1, 0.15) is 11.9 Å². The van der Waals surface area contributed by atoms with Gasteiger partial charge in [0, 0.05) is 10.7 Å². The summed E-state index contributed by atoms with van der Waals surface area (Å²) in [7, 11) is 1.69. The Kier molecular flexibility index (Phi) is 3.60. The van der Waals surface area contributed by atoms with Crippen LogP contribution in [0.4, 0.5) is 0 Å². The van der Waals surface area contributed by atoms with Gasteiger partial charge in [-0.25, -0.2) is 8.42 Å². The molecule has 2 unspecified atom stereocenters. The van der Waals surface area contributed by atoms with Crippen molar-refractivity contribution in [2.45, 2.75) is 44.1 Å². The molecule has 0 bridgehead atoms. The van der Waals surface area contributed by atoms with Gasteiger partial charge < -0.3 is 4.74 Å². The smallest absolute Gasteiger partial charge is 0.261 e. The molecule has 0 saturated carbocycles. The molecule has 18 heavy (non-hydrogen) atoms. The molecule has 1 aromatic carbocycles. The first kappa shape index (κ1) is 13.7. The normalized spacial score (nSPS) is 23.6. The Hall–Kier alpha value is -0.740. The Bertz CT molecular complexity index is 551. The van der Waals surface area contributed by atoms with E-state index in [9.17, 15) is 8.42 Å². The second kappa shape index (κ2) is 4.74. The second-order valence-corrected chi connectivity index (χ2v) is 7.74. The lowest BCUT2D eigenvalue weighted by Gasteiger charge is -2.32. The van der Waals surface area contributed by atoms with Crippen LogP contribution in [0.15, 0.2) is 23.1 Å². The summed E-state index contributed by atoms with van der Waals surface area (Å²) in [5.41, 5.74) is 0.925. The topological polar surface area (TPSA) is 43.4 Å². The summed E-state index contributed by atoms with van der Waals surface area (Å²) >= 11 is 0. The highest BCUT2D eigenvalue weighted by Crippen LogP contribution is 2.39. The van der Waals surface area contributed by atoms with Crippen molar-refractivity contribution in [3.8, 4) is 5.75 Å². The fourth-order valence-electron chi connectivity index (χ4n) is 2.27. The van der Waals surface area contributed by atoms with Gasteiger partial charge in [-0.3, -0.25) is 0 Å². The molecule has 0 fully saturated rings. The highest BCUT2D eigenvalue weighted by molar-refractivity contribution is 8.13. The molecule has 1 aliphatic heterocycles. The van der Waals surface area contributed by atoms with E-state index in [1.165, 1.54) is 6.07 Å². The molecule has 3 nitrogen and oxygen atoms in total. The van der Waals surface area contributed by atoms with E-state index < -0.39 is 9.05 Å². The van der Waals surface area contributed by atoms with Gasteiger partial charge in [-0.05, 0) is 42.0 Å². The van der Waals surface area contributed by atoms with Crippen LogP contribution in [0.3, 0.4) is 0 Å². The number of rotatable bonds is 2. The molecule has 0 N–H and O–H groups in total. The third-order valence-corrected chi connectivity index (χ3v) is 4.75. The van der Waals surface area contributed by atoms with Crippen LogP contribution in [0.2, 0.25) is 0 Å². The van der Waals surface area contributed by atoms with Crippen LogP contribution in [0, 0.1) is 5.92 Å². The predicted octanol–water partition coefficient (Wildman–Crippen LogP) is 3.52. The monoisotopic (exact) mass is 288 g/mol. The molecule has 0 amide bonds. The average Bonchev–Trinajstić information content (AvgIpc) is 2.27. The molecule has 1 heterocycles. The van der Waals surface area contributed by atoms with Gasteiger partial charge in [0.25, 0.3) is 9.05 Å². The minimum absolute atomic E-state index is 0.140. The quantitative estimate of drug-likeness (QED) is 0.782. The van der Waals surface area contributed by atoms with Crippen LogP contribution in [0.25, 0.3) is 0 Å². The zero-order valence-electron chi connectivity index (χ0n) is 10.7. The minimum atomic E-state index is -3.67. The maximum absolute atomic E-state index is 11.3. The zero-order chi connectivity index (χ0) is 13.5. The fraction of sp³-hybridized carbons (Fsp3) is 0.538. The molecule has 0 aliphatic carbocycles. The van der Waals surface area contributed by atoms with Gasteiger partial charge in [0.05, 0.1) is 4.90 Å². The SMILES string of the molecule is CC1CC(C(C)C)Oc2ccc(S(=O)(=O)Cl)cc21. The van der Waals surface area contributed by atoms with Crippen molar-refractivity contribution in [1.29, 1.82) is 0 Å². The lowest BCUT2D eigenvalue weighted by molar-refractivity contribution is 0.116. The minimum Gasteiger partial charge on any atom is -0.490 e. The number of halogens is 1. The second-order valence-electron chi connectivity index (χ2n) is 5.17. The number of hydrogen-bond donors (Lipinski definition) is 0. The van der Waals surface area contributed by atoms with Crippen LogP contribution in [0.5, 0.6) is 5.75 Å². The largest absolute Gasteiger partial charge is 0.490 e. The molecule has 1 aliphatic rings.